The van der Waals surface area contributed by atoms with E-state index in [0.717, 1.165) is 37.5 Å². The van der Waals surface area contributed by atoms with Crippen molar-refractivity contribution < 1.29 is 13.9 Å². The zero-order valence-corrected chi connectivity index (χ0v) is 13.7. The summed E-state index contributed by atoms with van der Waals surface area (Å²) in [5, 5.41) is 3.28. The SMILES string of the molecule is CCOC(=O)C1CCN(C(=NC)NCc2ccc(F)cc2)CC1. The van der Waals surface area contributed by atoms with Gasteiger partial charge in [-0.2, -0.15) is 0 Å². The number of rotatable bonds is 4. The highest BCUT2D eigenvalue weighted by molar-refractivity contribution is 5.80. The van der Waals surface area contributed by atoms with Crippen LogP contribution < -0.4 is 5.32 Å². The maximum absolute atomic E-state index is 12.9. The molecule has 1 aromatic carbocycles. The van der Waals surface area contributed by atoms with Gasteiger partial charge in [0.25, 0.3) is 0 Å². The van der Waals surface area contributed by atoms with Gasteiger partial charge in [-0.05, 0) is 37.5 Å². The van der Waals surface area contributed by atoms with Crippen molar-refractivity contribution in [1.82, 2.24) is 10.2 Å². The Morgan fingerprint density at radius 1 is 1.35 bits per heavy atom. The van der Waals surface area contributed by atoms with Crippen LogP contribution in [0.3, 0.4) is 0 Å². The van der Waals surface area contributed by atoms with E-state index >= 15 is 0 Å². The second-order valence-corrected chi connectivity index (χ2v) is 5.54. The number of ether oxygens (including phenoxy) is 1. The Bertz CT molecular complexity index is 537. The Labute approximate surface area is 136 Å². The van der Waals surface area contributed by atoms with Crippen molar-refractivity contribution in [3.63, 3.8) is 0 Å². The first-order valence-electron chi connectivity index (χ1n) is 8.00. The molecule has 1 saturated heterocycles. The fourth-order valence-corrected chi connectivity index (χ4v) is 2.70. The van der Waals surface area contributed by atoms with E-state index < -0.39 is 0 Å². The molecular weight excluding hydrogens is 297 g/mol. The van der Waals surface area contributed by atoms with Gasteiger partial charge in [0, 0.05) is 26.7 Å². The van der Waals surface area contributed by atoms with Gasteiger partial charge in [0.15, 0.2) is 5.96 Å². The normalized spacial score (nSPS) is 16.3. The van der Waals surface area contributed by atoms with Gasteiger partial charge in [-0.15, -0.1) is 0 Å². The van der Waals surface area contributed by atoms with Crippen LogP contribution in [0, 0.1) is 11.7 Å². The molecule has 0 atom stereocenters. The molecule has 126 valence electrons. The van der Waals surface area contributed by atoms with Gasteiger partial charge in [0.1, 0.15) is 5.82 Å². The largest absolute Gasteiger partial charge is 0.466 e. The molecule has 0 bridgehead atoms. The summed E-state index contributed by atoms with van der Waals surface area (Å²) in [6, 6.07) is 6.40. The third-order valence-corrected chi connectivity index (χ3v) is 3.99. The number of halogens is 1. The molecule has 0 unspecified atom stereocenters. The Morgan fingerprint density at radius 3 is 2.57 bits per heavy atom. The van der Waals surface area contributed by atoms with Crippen LogP contribution in [0.2, 0.25) is 0 Å². The van der Waals surface area contributed by atoms with Crippen LogP contribution in [0.1, 0.15) is 25.3 Å². The molecule has 0 aromatic heterocycles. The molecule has 0 amide bonds. The van der Waals surface area contributed by atoms with Gasteiger partial charge in [-0.3, -0.25) is 9.79 Å². The lowest BCUT2D eigenvalue weighted by Crippen LogP contribution is -2.46. The highest BCUT2D eigenvalue weighted by Crippen LogP contribution is 2.18. The predicted molar refractivity (Wildman–Crippen MR) is 87.5 cm³/mol. The summed E-state index contributed by atoms with van der Waals surface area (Å²) in [6.45, 7) is 4.39. The number of likely N-dealkylation sites (tertiary alicyclic amines) is 1. The molecule has 23 heavy (non-hydrogen) atoms. The molecule has 0 radical (unpaired) electrons. The van der Waals surface area contributed by atoms with Crippen LogP contribution in [0.5, 0.6) is 0 Å². The van der Waals surface area contributed by atoms with Crippen molar-refractivity contribution in [3.05, 3.63) is 35.6 Å². The van der Waals surface area contributed by atoms with Crippen molar-refractivity contribution in [2.45, 2.75) is 26.3 Å². The molecule has 0 aliphatic carbocycles. The molecule has 1 fully saturated rings. The van der Waals surface area contributed by atoms with Crippen LogP contribution in [0.25, 0.3) is 0 Å². The summed E-state index contributed by atoms with van der Waals surface area (Å²) in [7, 11) is 1.74. The summed E-state index contributed by atoms with van der Waals surface area (Å²) < 4.78 is 18.0. The third-order valence-electron chi connectivity index (χ3n) is 3.99. The number of hydrogen-bond acceptors (Lipinski definition) is 3. The number of hydrogen-bond donors (Lipinski definition) is 1. The third kappa shape index (κ3) is 4.94. The number of guanidine groups is 1. The molecular formula is C17H24FN3O2. The molecule has 1 N–H and O–H groups in total. The van der Waals surface area contributed by atoms with E-state index in [4.69, 9.17) is 4.74 Å². The van der Waals surface area contributed by atoms with Crippen molar-refractivity contribution in [2.75, 3.05) is 26.7 Å². The van der Waals surface area contributed by atoms with Crippen molar-refractivity contribution >= 4 is 11.9 Å². The summed E-state index contributed by atoms with van der Waals surface area (Å²) in [6.07, 6.45) is 1.55. The first-order valence-corrected chi connectivity index (χ1v) is 8.00. The van der Waals surface area contributed by atoms with Gasteiger partial charge < -0.3 is 15.0 Å². The number of benzene rings is 1. The summed E-state index contributed by atoms with van der Waals surface area (Å²) in [4.78, 5) is 18.2. The number of carbonyl (C=O) groups excluding carboxylic acids is 1. The minimum absolute atomic E-state index is 0.0126. The Balaban J connectivity index is 1.83. The quantitative estimate of drug-likeness (QED) is 0.525. The number of esters is 1. The van der Waals surface area contributed by atoms with E-state index in [-0.39, 0.29) is 17.7 Å². The lowest BCUT2D eigenvalue weighted by Gasteiger charge is -2.33. The van der Waals surface area contributed by atoms with Gasteiger partial charge >= 0.3 is 5.97 Å². The van der Waals surface area contributed by atoms with Crippen molar-refractivity contribution in [2.24, 2.45) is 10.9 Å². The number of nitrogens with one attached hydrogen (secondary N) is 1. The van der Waals surface area contributed by atoms with E-state index in [1.807, 2.05) is 6.92 Å². The fourth-order valence-electron chi connectivity index (χ4n) is 2.70. The molecule has 6 heteroatoms. The van der Waals surface area contributed by atoms with E-state index in [9.17, 15) is 9.18 Å². The maximum Gasteiger partial charge on any atom is 0.309 e. The average Bonchev–Trinajstić information content (AvgIpc) is 2.58. The van der Waals surface area contributed by atoms with E-state index in [1.165, 1.54) is 12.1 Å². The summed E-state index contributed by atoms with van der Waals surface area (Å²) in [5.74, 6) is 0.457. The fraction of sp³-hybridized carbons (Fsp3) is 0.529. The van der Waals surface area contributed by atoms with Crippen LogP contribution >= 0.6 is 0 Å². The number of nitrogens with zero attached hydrogens (tertiary/aromatic N) is 2. The number of carbonyl (C=O) groups is 1. The molecule has 1 aromatic rings. The highest BCUT2D eigenvalue weighted by atomic mass is 19.1. The minimum Gasteiger partial charge on any atom is -0.466 e. The van der Waals surface area contributed by atoms with Crippen LogP contribution in [0.15, 0.2) is 29.3 Å². The van der Waals surface area contributed by atoms with Crippen LogP contribution in [-0.2, 0) is 16.1 Å². The predicted octanol–water partition coefficient (Wildman–Crippen LogP) is 2.18. The molecule has 0 saturated carbocycles. The Morgan fingerprint density at radius 2 is 2.00 bits per heavy atom. The zero-order valence-electron chi connectivity index (χ0n) is 13.7. The van der Waals surface area contributed by atoms with Gasteiger partial charge in [-0.25, -0.2) is 4.39 Å². The lowest BCUT2D eigenvalue weighted by molar-refractivity contribution is -0.149. The standard InChI is InChI=1S/C17H24FN3O2/c1-3-23-16(22)14-8-10-21(11-9-14)17(19-2)20-12-13-4-6-15(18)7-5-13/h4-7,14H,3,8-12H2,1-2H3,(H,19,20). The summed E-state index contributed by atoms with van der Waals surface area (Å²) in [5.41, 5.74) is 0.994. The topological polar surface area (TPSA) is 53.9 Å². The Hall–Kier alpha value is -2.11. The first kappa shape index (κ1) is 17.2. The van der Waals surface area contributed by atoms with Crippen LogP contribution in [0.4, 0.5) is 4.39 Å². The van der Waals surface area contributed by atoms with E-state index in [2.05, 4.69) is 15.2 Å². The first-order chi connectivity index (χ1) is 11.1. The highest BCUT2D eigenvalue weighted by Gasteiger charge is 2.27. The molecule has 1 aliphatic rings. The molecule has 0 spiro atoms. The smallest absolute Gasteiger partial charge is 0.309 e. The molecule has 2 rings (SSSR count). The van der Waals surface area contributed by atoms with Gasteiger partial charge in [0.05, 0.1) is 12.5 Å². The lowest BCUT2D eigenvalue weighted by atomic mass is 9.97. The average molecular weight is 321 g/mol. The van der Waals surface area contributed by atoms with E-state index in [1.54, 1.807) is 19.2 Å². The Kier molecular flexibility index (Phi) is 6.38. The maximum atomic E-state index is 12.9. The second-order valence-electron chi connectivity index (χ2n) is 5.54. The van der Waals surface area contributed by atoms with Gasteiger partial charge in [-0.1, -0.05) is 12.1 Å². The van der Waals surface area contributed by atoms with Gasteiger partial charge in [0.2, 0.25) is 0 Å². The monoisotopic (exact) mass is 321 g/mol. The van der Waals surface area contributed by atoms with E-state index in [0.29, 0.717) is 13.2 Å². The molecule has 1 heterocycles. The van der Waals surface area contributed by atoms with Crippen molar-refractivity contribution in [3.8, 4) is 0 Å². The zero-order chi connectivity index (χ0) is 16.7. The number of piperidine rings is 1. The molecule has 1 aliphatic heterocycles. The molecule has 5 nitrogen and oxygen atoms in total. The summed E-state index contributed by atoms with van der Waals surface area (Å²) >= 11 is 0. The second kappa shape index (κ2) is 8.50. The minimum atomic E-state index is -0.237. The van der Waals surface area contributed by atoms with Crippen molar-refractivity contribution in [1.29, 1.82) is 0 Å². The number of aliphatic imine (C=N–C) groups is 1. The van der Waals surface area contributed by atoms with Crippen LogP contribution in [-0.4, -0.2) is 43.6 Å².